The number of nitrogens with two attached hydrogens (primary N) is 1. The van der Waals surface area contributed by atoms with Crippen LogP contribution < -0.4 is 5.73 Å². The van der Waals surface area contributed by atoms with Gasteiger partial charge in [0, 0.05) is 6.54 Å². The van der Waals surface area contributed by atoms with Gasteiger partial charge in [0.1, 0.15) is 5.82 Å². The summed E-state index contributed by atoms with van der Waals surface area (Å²) in [6.45, 7) is 0.612. The van der Waals surface area contributed by atoms with Crippen LogP contribution in [0.2, 0.25) is 0 Å². The lowest BCUT2D eigenvalue weighted by Crippen LogP contribution is -2.30. The van der Waals surface area contributed by atoms with Gasteiger partial charge in [-0.1, -0.05) is 0 Å². The molecule has 6 nitrogen and oxygen atoms in total. The zero-order chi connectivity index (χ0) is 16.1. The molecule has 1 saturated heterocycles. The van der Waals surface area contributed by atoms with E-state index in [-0.39, 0.29) is 18.4 Å². The number of nitrogens with zero attached hydrogens (tertiary/aromatic N) is 3. The van der Waals surface area contributed by atoms with Crippen LogP contribution in [0.5, 0.6) is 0 Å². The molecule has 0 saturated carbocycles. The molecule has 7 heteroatoms. The first kappa shape index (κ1) is 13.9. The van der Waals surface area contributed by atoms with Gasteiger partial charge in [-0.05, 0) is 31.0 Å². The second kappa shape index (κ2) is 4.91. The van der Waals surface area contributed by atoms with Gasteiger partial charge in [-0.25, -0.2) is 9.37 Å². The van der Waals surface area contributed by atoms with E-state index in [0.29, 0.717) is 23.5 Å². The number of halogens is 1. The van der Waals surface area contributed by atoms with Crippen molar-refractivity contribution in [1.82, 2.24) is 14.5 Å². The molecule has 2 aliphatic rings. The van der Waals surface area contributed by atoms with Crippen molar-refractivity contribution < 1.29 is 14.0 Å². The third-order valence-electron chi connectivity index (χ3n) is 4.50. The monoisotopic (exact) mass is 314 g/mol. The molecule has 1 aromatic carbocycles. The Bertz CT molecular complexity index is 829. The third kappa shape index (κ3) is 2.03. The summed E-state index contributed by atoms with van der Waals surface area (Å²) in [5.74, 6) is -1.10. The van der Waals surface area contributed by atoms with Crippen molar-refractivity contribution >= 4 is 11.8 Å². The van der Waals surface area contributed by atoms with Crippen molar-refractivity contribution in [3.8, 4) is 5.69 Å². The second-order valence-corrected chi connectivity index (χ2v) is 5.91. The van der Waals surface area contributed by atoms with Crippen molar-refractivity contribution in [3.05, 3.63) is 47.3 Å². The highest BCUT2D eigenvalue weighted by Gasteiger charge is 2.38. The summed E-state index contributed by atoms with van der Waals surface area (Å²) in [5.41, 5.74) is 7.61. The van der Waals surface area contributed by atoms with E-state index in [0.717, 1.165) is 18.5 Å². The van der Waals surface area contributed by atoms with Crippen LogP contribution in [-0.2, 0) is 11.2 Å². The topological polar surface area (TPSA) is 81.2 Å². The van der Waals surface area contributed by atoms with Gasteiger partial charge in [0.2, 0.25) is 5.91 Å². The maximum atomic E-state index is 13.6. The number of imidazole rings is 1. The molecule has 3 heterocycles. The minimum Gasteiger partial charge on any atom is -0.369 e. The third-order valence-corrected chi connectivity index (χ3v) is 4.50. The average Bonchev–Trinajstić information content (AvgIpc) is 3.10. The van der Waals surface area contributed by atoms with Crippen molar-refractivity contribution in [1.29, 1.82) is 0 Å². The number of aromatic nitrogens is 2. The maximum absolute atomic E-state index is 13.6. The first-order valence-corrected chi connectivity index (χ1v) is 7.51. The molecule has 4 rings (SSSR count). The second-order valence-electron chi connectivity index (χ2n) is 5.91. The van der Waals surface area contributed by atoms with Crippen LogP contribution in [0.4, 0.5) is 4.39 Å². The lowest BCUT2D eigenvalue weighted by atomic mass is 10.1. The highest BCUT2D eigenvalue weighted by atomic mass is 19.1. The molecule has 118 valence electrons. The number of hydrogen-bond donors (Lipinski definition) is 1. The Balaban J connectivity index is 1.98. The van der Waals surface area contributed by atoms with Crippen LogP contribution in [0.15, 0.2) is 24.5 Å². The van der Waals surface area contributed by atoms with Gasteiger partial charge in [-0.15, -0.1) is 0 Å². The van der Waals surface area contributed by atoms with Crippen LogP contribution in [0.1, 0.15) is 40.6 Å². The van der Waals surface area contributed by atoms with E-state index in [4.69, 9.17) is 5.73 Å². The van der Waals surface area contributed by atoms with Crippen molar-refractivity contribution in [2.24, 2.45) is 5.73 Å². The van der Waals surface area contributed by atoms with E-state index in [1.165, 1.54) is 12.1 Å². The van der Waals surface area contributed by atoms with Gasteiger partial charge in [0.05, 0.1) is 41.4 Å². The average molecular weight is 314 g/mol. The maximum Gasteiger partial charge on any atom is 0.256 e. The molecule has 2 N–H and O–H groups in total. The zero-order valence-corrected chi connectivity index (χ0v) is 12.3. The Morgan fingerprint density at radius 2 is 2.26 bits per heavy atom. The van der Waals surface area contributed by atoms with Gasteiger partial charge < -0.3 is 15.2 Å². The lowest BCUT2D eigenvalue weighted by molar-refractivity contribution is -0.117. The van der Waals surface area contributed by atoms with E-state index in [1.54, 1.807) is 21.9 Å². The molecule has 1 aromatic heterocycles. The minimum absolute atomic E-state index is 0.0252. The number of rotatable bonds is 2. The molecule has 0 bridgehead atoms. The summed E-state index contributed by atoms with van der Waals surface area (Å²) >= 11 is 0. The van der Waals surface area contributed by atoms with Crippen molar-refractivity contribution in [2.45, 2.75) is 25.3 Å². The van der Waals surface area contributed by atoms with Crippen molar-refractivity contribution in [3.63, 3.8) is 0 Å². The summed E-state index contributed by atoms with van der Waals surface area (Å²) in [5, 5.41) is 0. The van der Waals surface area contributed by atoms with E-state index >= 15 is 0 Å². The van der Waals surface area contributed by atoms with E-state index in [1.807, 2.05) is 0 Å². The van der Waals surface area contributed by atoms with Gasteiger partial charge in [0.25, 0.3) is 5.91 Å². The number of benzene rings is 1. The first-order chi connectivity index (χ1) is 11.1. The van der Waals surface area contributed by atoms with E-state index in [9.17, 15) is 14.0 Å². The smallest absolute Gasteiger partial charge is 0.256 e. The first-order valence-electron chi connectivity index (χ1n) is 7.51. The molecule has 0 spiro atoms. The lowest BCUT2D eigenvalue weighted by Gasteiger charge is -2.23. The van der Waals surface area contributed by atoms with Crippen LogP contribution in [0, 0.1) is 5.82 Å². The molecule has 23 heavy (non-hydrogen) atoms. The number of fused-ring (bicyclic) bond motifs is 5. The summed E-state index contributed by atoms with van der Waals surface area (Å²) in [6, 6.07) is 4.00. The van der Waals surface area contributed by atoms with Gasteiger partial charge in [0.15, 0.2) is 0 Å². The molecule has 0 unspecified atom stereocenters. The molecule has 2 aliphatic heterocycles. The van der Waals surface area contributed by atoms with Crippen LogP contribution in [0.3, 0.4) is 0 Å². The highest BCUT2D eigenvalue weighted by molar-refractivity contribution is 5.99. The SMILES string of the molecule is NC(=O)Cc1ncn2c1[C@@H]1CCCN1C(=O)c1cc(F)ccc1-2. The predicted molar refractivity (Wildman–Crippen MR) is 79.4 cm³/mol. The fraction of sp³-hybridized carbons (Fsp3) is 0.312. The normalized spacial score (nSPS) is 19.1. The summed E-state index contributed by atoms with van der Waals surface area (Å²) < 4.78 is 15.4. The predicted octanol–water partition coefficient (Wildman–Crippen LogP) is 1.33. The Hall–Kier alpha value is -2.70. The van der Waals surface area contributed by atoms with E-state index in [2.05, 4.69) is 4.98 Å². The molecule has 0 radical (unpaired) electrons. The fourth-order valence-electron chi connectivity index (χ4n) is 3.58. The largest absolute Gasteiger partial charge is 0.369 e. The standard InChI is InChI=1S/C16H15FN4O2/c17-9-3-4-12-10(6-9)16(23)20-5-1-2-13(20)15-11(7-14(18)22)19-8-21(12)15/h3-4,6,8,13H,1-2,5,7H2,(H2,18,22)/t13-/m0/s1. The van der Waals surface area contributed by atoms with E-state index < -0.39 is 11.7 Å². The number of carbonyl (C=O) groups is 2. The number of amides is 2. The highest BCUT2D eigenvalue weighted by Crippen LogP contribution is 2.39. The number of hydrogen-bond acceptors (Lipinski definition) is 3. The summed E-state index contributed by atoms with van der Waals surface area (Å²) in [6.07, 6.45) is 3.26. The molecule has 1 fully saturated rings. The van der Waals surface area contributed by atoms with Gasteiger partial charge in [-0.3, -0.25) is 9.59 Å². The molecular formula is C16H15FN4O2. The fourth-order valence-corrected chi connectivity index (χ4v) is 3.58. The molecule has 1 atom stereocenters. The number of carbonyl (C=O) groups excluding carboxylic acids is 2. The summed E-state index contributed by atoms with van der Waals surface area (Å²) in [7, 11) is 0. The molecule has 0 aliphatic carbocycles. The molecular weight excluding hydrogens is 299 g/mol. The minimum atomic E-state index is -0.467. The quantitative estimate of drug-likeness (QED) is 0.908. The number of primary amides is 1. The van der Waals surface area contributed by atoms with Crippen molar-refractivity contribution in [2.75, 3.05) is 6.54 Å². The zero-order valence-electron chi connectivity index (χ0n) is 12.3. The Kier molecular flexibility index (Phi) is 2.97. The summed E-state index contributed by atoms with van der Waals surface area (Å²) in [4.78, 5) is 30.2. The van der Waals surface area contributed by atoms with Crippen LogP contribution in [0.25, 0.3) is 5.69 Å². The Morgan fingerprint density at radius 1 is 1.43 bits per heavy atom. The Morgan fingerprint density at radius 3 is 3.04 bits per heavy atom. The Labute approximate surface area is 131 Å². The molecule has 2 aromatic rings. The van der Waals surface area contributed by atoms with Gasteiger partial charge >= 0.3 is 0 Å². The molecule has 2 amide bonds. The van der Waals surface area contributed by atoms with Crippen LogP contribution in [-0.4, -0.2) is 32.8 Å². The van der Waals surface area contributed by atoms with Gasteiger partial charge in [-0.2, -0.15) is 0 Å². The van der Waals surface area contributed by atoms with Crippen LogP contribution >= 0.6 is 0 Å².